The SMILES string of the molecule is Cc1cnc(C(C)NC(=O)N2CCC(C)C2C(=O)O)s1. The number of likely N-dealkylation sites (tertiary alicyclic amines) is 1. The number of carboxylic acid groups (broad SMARTS) is 1. The Morgan fingerprint density at radius 1 is 1.60 bits per heavy atom. The van der Waals surface area contributed by atoms with Crippen molar-refractivity contribution in [2.45, 2.75) is 39.3 Å². The summed E-state index contributed by atoms with van der Waals surface area (Å²) in [5, 5.41) is 12.9. The fourth-order valence-electron chi connectivity index (χ4n) is 2.45. The lowest BCUT2D eigenvalue weighted by molar-refractivity contribution is -0.142. The molecule has 0 aliphatic carbocycles. The number of nitrogens with zero attached hydrogens (tertiary/aromatic N) is 2. The Bertz CT molecular complexity index is 517. The van der Waals surface area contributed by atoms with Crippen LogP contribution in [-0.2, 0) is 4.79 Å². The van der Waals surface area contributed by atoms with Crippen LogP contribution in [0.3, 0.4) is 0 Å². The van der Waals surface area contributed by atoms with Gasteiger partial charge in [-0.05, 0) is 26.2 Å². The number of urea groups is 1. The molecule has 0 saturated carbocycles. The Balaban J connectivity index is 2.03. The first-order valence-corrected chi connectivity index (χ1v) is 7.44. The summed E-state index contributed by atoms with van der Waals surface area (Å²) in [4.78, 5) is 30.2. The van der Waals surface area contributed by atoms with E-state index >= 15 is 0 Å². The molecule has 2 rings (SSSR count). The Hall–Kier alpha value is -1.63. The fourth-order valence-corrected chi connectivity index (χ4v) is 3.23. The van der Waals surface area contributed by atoms with E-state index in [-0.39, 0.29) is 18.0 Å². The van der Waals surface area contributed by atoms with E-state index in [1.807, 2.05) is 20.8 Å². The summed E-state index contributed by atoms with van der Waals surface area (Å²) < 4.78 is 0. The van der Waals surface area contributed by atoms with Gasteiger partial charge in [0.2, 0.25) is 0 Å². The molecule has 2 heterocycles. The minimum atomic E-state index is -0.942. The number of rotatable bonds is 3. The normalized spacial score (nSPS) is 23.6. The molecule has 1 aliphatic rings. The summed E-state index contributed by atoms with van der Waals surface area (Å²) in [6.45, 7) is 6.15. The van der Waals surface area contributed by atoms with E-state index in [9.17, 15) is 14.7 Å². The second-order valence-electron chi connectivity index (χ2n) is 5.22. The maximum Gasteiger partial charge on any atom is 0.326 e. The zero-order valence-corrected chi connectivity index (χ0v) is 12.6. The summed E-state index contributed by atoms with van der Waals surface area (Å²) in [6.07, 6.45) is 2.48. The van der Waals surface area contributed by atoms with Gasteiger partial charge in [-0.2, -0.15) is 0 Å². The van der Waals surface area contributed by atoms with Gasteiger partial charge in [0, 0.05) is 17.6 Å². The second-order valence-corrected chi connectivity index (χ2v) is 6.49. The molecule has 3 atom stereocenters. The highest BCUT2D eigenvalue weighted by Crippen LogP contribution is 2.25. The third kappa shape index (κ3) is 2.92. The number of carboxylic acids is 1. The minimum absolute atomic E-state index is 0.0179. The first-order valence-electron chi connectivity index (χ1n) is 6.62. The zero-order valence-electron chi connectivity index (χ0n) is 11.8. The van der Waals surface area contributed by atoms with Crippen LogP contribution in [0.15, 0.2) is 6.20 Å². The smallest absolute Gasteiger partial charge is 0.326 e. The molecule has 2 N–H and O–H groups in total. The van der Waals surface area contributed by atoms with Crippen molar-refractivity contribution in [3.63, 3.8) is 0 Å². The average Bonchev–Trinajstić information content (AvgIpc) is 2.95. The fraction of sp³-hybridized carbons (Fsp3) is 0.615. The number of carbonyl (C=O) groups excluding carboxylic acids is 1. The van der Waals surface area contributed by atoms with Gasteiger partial charge in [0.05, 0.1) is 6.04 Å². The van der Waals surface area contributed by atoms with Crippen molar-refractivity contribution in [2.75, 3.05) is 6.54 Å². The molecule has 3 unspecified atom stereocenters. The number of carbonyl (C=O) groups is 2. The number of thiazole rings is 1. The molecule has 1 aromatic rings. The molecular formula is C13H19N3O3S. The standard InChI is InChI=1S/C13H19N3O3S/c1-7-4-5-16(10(7)12(17)18)13(19)15-9(3)11-14-6-8(2)20-11/h6-7,9-10H,4-5H2,1-3H3,(H,15,19)(H,17,18). The van der Waals surface area contributed by atoms with Crippen LogP contribution in [0, 0.1) is 12.8 Å². The first-order chi connectivity index (χ1) is 9.40. The lowest BCUT2D eigenvalue weighted by Gasteiger charge is -2.25. The van der Waals surface area contributed by atoms with Crippen molar-refractivity contribution in [3.8, 4) is 0 Å². The number of aryl methyl sites for hydroxylation is 1. The van der Waals surface area contributed by atoms with Gasteiger partial charge in [0.1, 0.15) is 11.0 Å². The van der Waals surface area contributed by atoms with Crippen LogP contribution < -0.4 is 5.32 Å². The number of amides is 2. The summed E-state index contributed by atoms with van der Waals surface area (Å²) in [7, 11) is 0. The third-order valence-electron chi connectivity index (χ3n) is 3.56. The van der Waals surface area contributed by atoms with Crippen molar-refractivity contribution < 1.29 is 14.7 Å². The summed E-state index contributed by atoms with van der Waals surface area (Å²) in [5.41, 5.74) is 0. The van der Waals surface area contributed by atoms with E-state index in [1.54, 1.807) is 6.20 Å². The highest BCUT2D eigenvalue weighted by Gasteiger charge is 2.39. The van der Waals surface area contributed by atoms with Crippen LogP contribution in [0.4, 0.5) is 4.79 Å². The third-order valence-corrected chi connectivity index (χ3v) is 4.66. The topological polar surface area (TPSA) is 82.5 Å². The molecule has 6 nitrogen and oxygen atoms in total. The molecule has 1 saturated heterocycles. The summed E-state index contributed by atoms with van der Waals surface area (Å²) in [5.74, 6) is -0.960. The Labute approximate surface area is 121 Å². The van der Waals surface area contributed by atoms with Gasteiger partial charge in [-0.25, -0.2) is 14.6 Å². The molecule has 1 fully saturated rings. The van der Waals surface area contributed by atoms with Crippen LogP contribution in [0.1, 0.15) is 36.2 Å². The van der Waals surface area contributed by atoms with Crippen LogP contribution in [0.2, 0.25) is 0 Å². The maximum atomic E-state index is 12.2. The predicted molar refractivity (Wildman–Crippen MR) is 75.7 cm³/mol. The molecule has 0 bridgehead atoms. The van der Waals surface area contributed by atoms with Gasteiger partial charge >= 0.3 is 12.0 Å². The Kier molecular flexibility index (Phi) is 4.27. The van der Waals surface area contributed by atoms with Gasteiger partial charge in [0.15, 0.2) is 0 Å². The average molecular weight is 297 g/mol. The van der Waals surface area contributed by atoms with Crippen molar-refractivity contribution >= 4 is 23.3 Å². The zero-order chi connectivity index (χ0) is 14.9. The van der Waals surface area contributed by atoms with Crippen molar-refractivity contribution in [1.29, 1.82) is 0 Å². The number of hydrogen-bond donors (Lipinski definition) is 2. The lowest BCUT2D eigenvalue weighted by atomic mass is 10.0. The quantitative estimate of drug-likeness (QED) is 0.894. The van der Waals surface area contributed by atoms with E-state index in [1.165, 1.54) is 16.2 Å². The maximum absolute atomic E-state index is 12.2. The molecule has 0 spiro atoms. The van der Waals surface area contributed by atoms with Crippen molar-refractivity contribution in [2.24, 2.45) is 5.92 Å². The van der Waals surface area contributed by atoms with E-state index in [0.29, 0.717) is 6.54 Å². The summed E-state index contributed by atoms with van der Waals surface area (Å²) >= 11 is 1.53. The molecule has 1 aliphatic heterocycles. The Morgan fingerprint density at radius 3 is 2.85 bits per heavy atom. The minimum Gasteiger partial charge on any atom is -0.480 e. The van der Waals surface area contributed by atoms with Crippen molar-refractivity contribution in [1.82, 2.24) is 15.2 Å². The van der Waals surface area contributed by atoms with E-state index in [2.05, 4.69) is 10.3 Å². The molecule has 20 heavy (non-hydrogen) atoms. The van der Waals surface area contributed by atoms with Crippen LogP contribution in [-0.4, -0.2) is 39.6 Å². The van der Waals surface area contributed by atoms with Crippen LogP contribution in [0.25, 0.3) is 0 Å². The van der Waals surface area contributed by atoms with Gasteiger partial charge in [-0.3, -0.25) is 0 Å². The predicted octanol–water partition coefficient (Wildman–Crippen LogP) is 2.02. The molecule has 7 heteroatoms. The van der Waals surface area contributed by atoms with Crippen LogP contribution in [0.5, 0.6) is 0 Å². The van der Waals surface area contributed by atoms with E-state index in [0.717, 1.165) is 16.3 Å². The molecule has 0 radical (unpaired) electrons. The van der Waals surface area contributed by atoms with E-state index < -0.39 is 12.0 Å². The molecule has 110 valence electrons. The van der Waals surface area contributed by atoms with Crippen LogP contribution >= 0.6 is 11.3 Å². The number of hydrogen-bond acceptors (Lipinski definition) is 4. The number of aromatic nitrogens is 1. The summed E-state index contributed by atoms with van der Waals surface area (Å²) in [6, 6.07) is -1.28. The van der Waals surface area contributed by atoms with Gasteiger partial charge in [-0.1, -0.05) is 6.92 Å². The highest BCUT2D eigenvalue weighted by atomic mass is 32.1. The number of nitrogens with one attached hydrogen (secondary N) is 1. The second kappa shape index (κ2) is 5.78. The number of aliphatic carboxylic acids is 1. The molecule has 1 aromatic heterocycles. The first kappa shape index (κ1) is 14.8. The highest BCUT2D eigenvalue weighted by molar-refractivity contribution is 7.11. The van der Waals surface area contributed by atoms with Gasteiger partial charge in [-0.15, -0.1) is 11.3 Å². The van der Waals surface area contributed by atoms with Gasteiger partial charge < -0.3 is 15.3 Å². The Morgan fingerprint density at radius 2 is 2.30 bits per heavy atom. The lowest BCUT2D eigenvalue weighted by Crippen LogP contribution is -2.48. The molecular weight excluding hydrogens is 278 g/mol. The van der Waals surface area contributed by atoms with Crippen molar-refractivity contribution in [3.05, 3.63) is 16.1 Å². The largest absolute Gasteiger partial charge is 0.480 e. The monoisotopic (exact) mass is 297 g/mol. The molecule has 0 aromatic carbocycles. The van der Waals surface area contributed by atoms with Gasteiger partial charge in [0.25, 0.3) is 0 Å². The molecule has 2 amide bonds. The van der Waals surface area contributed by atoms with E-state index in [4.69, 9.17) is 0 Å².